The normalized spacial score (nSPS) is 20.0. The average molecular weight is 412 g/mol. The topological polar surface area (TPSA) is 78.8 Å². The molecule has 1 aliphatic heterocycles. The lowest BCUT2D eigenvalue weighted by Crippen LogP contribution is -2.55. The number of rotatable bonds is 7. The monoisotopic (exact) mass is 411 g/mol. The van der Waals surface area contributed by atoms with Crippen molar-refractivity contribution in [2.75, 3.05) is 33.2 Å². The van der Waals surface area contributed by atoms with Crippen LogP contribution in [0.4, 0.5) is 0 Å². The Kier molecular flexibility index (Phi) is 7.11. The van der Waals surface area contributed by atoms with Gasteiger partial charge in [-0.25, -0.2) is 4.98 Å². The number of carbonyl (C=O) groups is 1. The maximum atomic E-state index is 12.9. The van der Waals surface area contributed by atoms with E-state index in [1.165, 1.54) is 6.42 Å². The van der Waals surface area contributed by atoms with Gasteiger partial charge in [0, 0.05) is 64.6 Å². The molecule has 2 heterocycles. The van der Waals surface area contributed by atoms with E-state index in [1.807, 2.05) is 17.7 Å². The maximum absolute atomic E-state index is 12.9. The van der Waals surface area contributed by atoms with Crippen LogP contribution in [0.25, 0.3) is 0 Å². The van der Waals surface area contributed by atoms with Crippen LogP contribution < -0.4 is 0 Å². The van der Waals surface area contributed by atoms with E-state index >= 15 is 0 Å². The zero-order valence-corrected chi connectivity index (χ0v) is 17.9. The van der Waals surface area contributed by atoms with Gasteiger partial charge in [0.05, 0.1) is 0 Å². The van der Waals surface area contributed by atoms with Gasteiger partial charge in [0.25, 0.3) is 10.2 Å². The van der Waals surface area contributed by atoms with Gasteiger partial charge in [-0.1, -0.05) is 19.3 Å². The van der Waals surface area contributed by atoms with E-state index in [4.69, 9.17) is 0 Å². The summed E-state index contributed by atoms with van der Waals surface area (Å²) in [5.74, 6) is 1.06. The quantitative estimate of drug-likeness (QED) is 0.683. The molecule has 3 rings (SSSR count). The van der Waals surface area contributed by atoms with Crippen LogP contribution in [-0.4, -0.2) is 76.7 Å². The van der Waals surface area contributed by atoms with Crippen LogP contribution in [0.5, 0.6) is 0 Å². The highest BCUT2D eigenvalue weighted by molar-refractivity contribution is 7.86. The number of amides is 1. The first-order valence-electron chi connectivity index (χ1n) is 10.4. The summed E-state index contributed by atoms with van der Waals surface area (Å²) in [5, 5.41) is 0. The molecule has 1 saturated heterocycles. The number of imidazole rings is 1. The number of aromatic nitrogens is 2. The Bertz CT molecular complexity index is 749. The molecule has 0 bridgehead atoms. The second kappa shape index (κ2) is 9.37. The molecule has 9 heteroatoms. The molecule has 2 aliphatic rings. The standard InChI is InChI=1S/C19H33N5O3S/c1-17-20-10-12-22(17)11-6-9-19(25)23-13-15-24(16-14-23)28(26,27)21(2)18-7-4-3-5-8-18/h10,12,18H,3-9,11,13-16H2,1-2H3. The lowest BCUT2D eigenvalue weighted by molar-refractivity contribution is -0.132. The lowest BCUT2D eigenvalue weighted by Gasteiger charge is -2.38. The van der Waals surface area contributed by atoms with E-state index < -0.39 is 10.2 Å². The molecule has 0 spiro atoms. The molecule has 0 unspecified atom stereocenters. The van der Waals surface area contributed by atoms with Gasteiger partial charge in [0.2, 0.25) is 5.91 Å². The van der Waals surface area contributed by atoms with Gasteiger partial charge < -0.3 is 9.47 Å². The molecule has 1 aliphatic carbocycles. The van der Waals surface area contributed by atoms with Crippen LogP contribution in [0.2, 0.25) is 0 Å². The molecule has 0 N–H and O–H groups in total. The van der Waals surface area contributed by atoms with E-state index in [2.05, 4.69) is 4.98 Å². The van der Waals surface area contributed by atoms with Crippen molar-refractivity contribution >= 4 is 16.1 Å². The van der Waals surface area contributed by atoms with Crippen molar-refractivity contribution in [2.45, 2.75) is 64.5 Å². The van der Waals surface area contributed by atoms with Crippen LogP contribution >= 0.6 is 0 Å². The molecule has 0 aromatic carbocycles. The number of piperazine rings is 1. The molecule has 8 nitrogen and oxygen atoms in total. The summed E-state index contributed by atoms with van der Waals surface area (Å²) in [6, 6.07) is 0.116. The SMILES string of the molecule is Cc1nccn1CCCC(=O)N1CCN(S(=O)(=O)N(C)C2CCCCC2)CC1. The number of hydrogen-bond donors (Lipinski definition) is 0. The minimum absolute atomic E-state index is 0.107. The highest BCUT2D eigenvalue weighted by Crippen LogP contribution is 2.25. The fourth-order valence-corrected chi connectivity index (χ4v) is 5.76. The summed E-state index contributed by atoms with van der Waals surface area (Å²) >= 11 is 0. The van der Waals surface area contributed by atoms with Gasteiger partial charge >= 0.3 is 0 Å². The first kappa shape index (κ1) is 21.3. The van der Waals surface area contributed by atoms with Gasteiger partial charge in [0.15, 0.2) is 0 Å². The zero-order chi connectivity index (χ0) is 20.1. The molecule has 28 heavy (non-hydrogen) atoms. The molecular formula is C19H33N5O3S. The third kappa shape index (κ3) is 4.93. The molecule has 2 fully saturated rings. The van der Waals surface area contributed by atoms with Crippen molar-refractivity contribution in [2.24, 2.45) is 0 Å². The Morgan fingerprint density at radius 1 is 1.18 bits per heavy atom. The number of nitrogens with zero attached hydrogens (tertiary/aromatic N) is 5. The van der Waals surface area contributed by atoms with Gasteiger partial charge in [-0.15, -0.1) is 0 Å². The van der Waals surface area contributed by atoms with Crippen LogP contribution in [0.3, 0.4) is 0 Å². The minimum Gasteiger partial charge on any atom is -0.340 e. The fourth-order valence-electron chi connectivity index (χ4n) is 4.18. The van der Waals surface area contributed by atoms with Crippen molar-refractivity contribution in [3.8, 4) is 0 Å². The van der Waals surface area contributed by atoms with E-state index in [1.54, 1.807) is 26.8 Å². The van der Waals surface area contributed by atoms with Crippen molar-refractivity contribution in [1.29, 1.82) is 0 Å². The summed E-state index contributed by atoms with van der Waals surface area (Å²) in [5.41, 5.74) is 0. The Balaban J connectivity index is 1.45. The molecule has 1 aromatic rings. The summed E-state index contributed by atoms with van der Waals surface area (Å²) < 4.78 is 31.0. The largest absolute Gasteiger partial charge is 0.340 e. The first-order chi connectivity index (χ1) is 13.4. The first-order valence-corrected chi connectivity index (χ1v) is 11.8. The smallest absolute Gasteiger partial charge is 0.282 e. The third-order valence-electron chi connectivity index (χ3n) is 6.08. The average Bonchev–Trinajstić information content (AvgIpc) is 3.13. The minimum atomic E-state index is -3.44. The van der Waals surface area contributed by atoms with E-state index in [9.17, 15) is 13.2 Å². The van der Waals surface area contributed by atoms with Gasteiger partial charge in [0.1, 0.15) is 5.82 Å². The lowest BCUT2D eigenvalue weighted by atomic mass is 9.96. The summed E-state index contributed by atoms with van der Waals surface area (Å²) in [6.45, 7) is 4.43. The highest BCUT2D eigenvalue weighted by Gasteiger charge is 2.35. The summed E-state index contributed by atoms with van der Waals surface area (Å²) in [6.07, 6.45) is 10.2. The number of carbonyl (C=O) groups excluding carboxylic acids is 1. The second-order valence-electron chi connectivity index (χ2n) is 7.87. The van der Waals surface area contributed by atoms with E-state index in [0.717, 1.165) is 44.5 Å². The Hall–Kier alpha value is -1.45. The molecular weight excluding hydrogens is 378 g/mol. The molecule has 1 saturated carbocycles. The van der Waals surface area contributed by atoms with Gasteiger partial charge in [-0.2, -0.15) is 17.0 Å². The van der Waals surface area contributed by atoms with E-state index in [-0.39, 0.29) is 11.9 Å². The number of hydrogen-bond acceptors (Lipinski definition) is 4. The van der Waals surface area contributed by atoms with Gasteiger partial charge in [-0.3, -0.25) is 4.79 Å². The molecule has 0 atom stereocenters. The van der Waals surface area contributed by atoms with Crippen molar-refractivity contribution in [3.05, 3.63) is 18.2 Å². The van der Waals surface area contributed by atoms with Crippen molar-refractivity contribution in [1.82, 2.24) is 23.1 Å². The van der Waals surface area contributed by atoms with Crippen molar-refractivity contribution in [3.63, 3.8) is 0 Å². The molecule has 0 radical (unpaired) electrons. The highest BCUT2D eigenvalue weighted by atomic mass is 32.2. The maximum Gasteiger partial charge on any atom is 0.282 e. The molecule has 158 valence electrons. The van der Waals surface area contributed by atoms with Crippen LogP contribution in [0, 0.1) is 6.92 Å². The second-order valence-corrected chi connectivity index (χ2v) is 9.86. The molecule has 1 aromatic heterocycles. The van der Waals surface area contributed by atoms with E-state index in [0.29, 0.717) is 32.6 Å². The predicted octanol–water partition coefficient (Wildman–Crippen LogP) is 1.63. The van der Waals surface area contributed by atoms with Crippen LogP contribution in [0.15, 0.2) is 12.4 Å². The number of aryl methyl sites for hydroxylation is 2. The summed E-state index contributed by atoms with van der Waals surface area (Å²) in [4.78, 5) is 18.5. The Morgan fingerprint density at radius 3 is 2.46 bits per heavy atom. The van der Waals surface area contributed by atoms with Crippen LogP contribution in [-0.2, 0) is 21.5 Å². The third-order valence-corrected chi connectivity index (χ3v) is 8.13. The Labute approximate surface area is 168 Å². The fraction of sp³-hybridized carbons (Fsp3) is 0.789. The van der Waals surface area contributed by atoms with Gasteiger partial charge in [-0.05, 0) is 26.2 Å². The predicted molar refractivity (Wildman–Crippen MR) is 108 cm³/mol. The Morgan fingerprint density at radius 2 is 1.86 bits per heavy atom. The summed E-state index contributed by atoms with van der Waals surface area (Å²) in [7, 11) is -1.73. The molecule has 1 amide bonds. The van der Waals surface area contributed by atoms with Crippen LogP contribution in [0.1, 0.15) is 50.8 Å². The zero-order valence-electron chi connectivity index (χ0n) is 17.1. The van der Waals surface area contributed by atoms with Crippen molar-refractivity contribution < 1.29 is 13.2 Å².